The van der Waals surface area contributed by atoms with Crippen LogP contribution in [0.1, 0.15) is 25.1 Å². The number of alkyl halides is 2. The van der Waals surface area contributed by atoms with E-state index in [-0.39, 0.29) is 17.7 Å². The SMILES string of the molecule is CCOP(=O)(OCC)C(F)(F)c1cc2nc(C)ccc2cc1Br. The van der Waals surface area contributed by atoms with Gasteiger partial charge in [-0.15, -0.1) is 0 Å². The number of aryl methyl sites for hydroxylation is 1. The lowest BCUT2D eigenvalue weighted by Gasteiger charge is -2.26. The fourth-order valence-corrected chi connectivity index (χ4v) is 4.48. The molecular formula is C15H17BrF2NO3P. The van der Waals surface area contributed by atoms with E-state index in [9.17, 15) is 13.3 Å². The van der Waals surface area contributed by atoms with Crippen molar-refractivity contribution in [3.63, 3.8) is 0 Å². The zero-order valence-corrected chi connectivity index (χ0v) is 15.5. The average molecular weight is 408 g/mol. The summed E-state index contributed by atoms with van der Waals surface area (Å²) < 4.78 is 52.1. The van der Waals surface area contributed by atoms with Gasteiger partial charge in [-0.2, -0.15) is 8.78 Å². The predicted molar refractivity (Wildman–Crippen MR) is 88.9 cm³/mol. The number of fused-ring (bicyclic) bond motifs is 1. The molecule has 0 fully saturated rings. The first-order valence-corrected chi connectivity index (χ1v) is 9.43. The van der Waals surface area contributed by atoms with Crippen LogP contribution in [-0.4, -0.2) is 18.2 Å². The highest BCUT2D eigenvalue weighted by molar-refractivity contribution is 9.10. The molecule has 1 heterocycles. The fourth-order valence-electron chi connectivity index (χ4n) is 2.16. The van der Waals surface area contributed by atoms with E-state index in [1.807, 2.05) is 0 Å². The van der Waals surface area contributed by atoms with Crippen LogP contribution in [0.5, 0.6) is 0 Å². The summed E-state index contributed by atoms with van der Waals surface area (Å²) in [6, 6.07) is 6.32. The molecule has 0 saturated carbocycles. The van der Waals surface area contributed by atoms with Crippen molar-refractivity contribution >= 4 is 34.4 Å². The maximum atomic E-state index is 14.9. The molecule has 0 aliphatic heterocycles. The zero-order chi connectivity index (χ0) is 17.3. The topological polar surface area (TPSA) is 48.4 Å². The molecule has 126 valence electrons. The monoisotopic (exact) mass is 407 g/mol. The number of benzene rings is 1. The highest BCUT2D eigenvalue weighted by atomic mass is 79.9. The van der Waals surface area contributed by atoms with E-state index in [1.165, 1.54) is 26.0 Å². The molecule has 0 radical (unpaired) electrons. The Balaban J connectivity index is 2.64. The zero-order valence-electron chi connectivity index (χ0n) is 13.0. The van der Waals surface area contributed by atoms with Gasteiger partial charge in [0.2, 0.25) is 0 Å². The van der Waals surface area contributed by atoms with Gasteiger partial charge in [-0.1, -0.05) is 22.0 Å². The Bertz CT molecular complexity index is 760. The highest BCUT2D eigenvalue weighted by Gasteiger charge is 2.55. The molecule has 0 spiro atoms. The lowest BCUT2D eigenvalue weighted by molar-refractivity contribution is 0.0355. The van der Waals surface area contributed by atoms with Gasteiger partial charge in [0, 0.05) is 21.1 Å². The van der Waals surface area contributed by atoms with E-state index in [1.54, 1.807) is 19.1 Å². The second kappa shape index (κ2) is 6.93. The molecule has 1 aromatic heterocycles. The van der Waals surface area contributed by atoms with Crippen molar-refractivity contribution in [3.8, 4) is 0 Å². The third kappa shape index (κ3) is 3.48. The smallest absolute Gasteiger partial charge is 0.304 e. The number of hydrogen-bond donors (Lipinski definition) is 0. The summed E-state index contributed by atoms with van der Waals surface area (Å²) in [6.07, 6.45) is 0. The Morgan fingerprint density at radius 2 is 1.83 bits per heavy atom. The summed E-state index contributed by atoms with van der Waals surface area (Å²) in [5, 5.41) is 0.699. The Kier molecular flexibility index (Phi) is 5.56. The van der Waals surface area contributed by atoms with Crippen molar-refractivity contribution < 1.29 is 22.4 Å². The van der Waals surface area contributed by atoms with Crippen molar-refractivity contribution in [2.75, 3.05) is 13.2 Å². The van der Waals surface area contributed by atoms with E-state index in [0.717, 1.165) is 0 Å². The molecule has 0 atom stereocenters. The van der Waals surface area contributed by atoms with Gasteiger partial charge in [-0.3, -0.25) is 9.55 Å². The van der Waals surface area contributed by atoms with Crippen molar-refractivity contribution in [3.05, 3.63) is 40.0 Å². The van der Waals surface area contributed by atoms with Crippen LogP contribution in [0.2, 0.25) is 0 Å². The van der Waals surface area contributed by atoms with Crippen LogP contribution in [0.15, 0.2) is 28.7 Å². The summed E-state index contributed by atoms with van der Waals surface area (Å²) in [7, 11) is -4.65. The van der Waals surface area contributed by atoms with Crippen LogP contribution in [0.4, 0.5) is 8.78 Å². The third-order valence-electron chi connectivity index (χ3n) is 3.18. The second-order valence-electron chi connectivity index (χ2n) is 4.85. The average Bonchev–Trinajstić information content (AvgIpc) is 2.47. The normalized spacial score (nSPS) is 12.8. The summed E-state index contributed by atoms with van der Waals surface area (Å²) >= 11 is 3.13. The Hall–Kier alpha value is -0.880. The van der Waals surface area contributed by atoms with E-state index < -0.39 is 18.8 Å². The van der Waals surface area contributed by atoms with Crippen molar-refractivity contribution in [2.24, 2.45) is 0 Å². The molecule has 0 saturated heterocycles. The molecule has 0 unspecified atom stereocenters. The van der Waals surface area contributed by atoms with Crippen molar-refractivity contribution in [1.82, 2.24) is 4.98 Å². The lowest BCUT2D eigenvalue weighted by Crippen LogP contribution is -2.19. The molecule has 4 nitrogen and oxygen atoms in total. The third-order valence-corrected chi connectivity index (χ3v) is 5.96. The number of pyridine rings is 1. The first kappa shape index (κ1) is 18.5. The van der Waals surface area contributed by atoms with Gasteiger partial charge in [0.25, 0.3) is 0 Å². The Labute approximate surface area is 141 Å². The van der Waals surface area contributed by atoms with Gasteiger partial charge in [0.1, 0.15) is 0 Å². The van der Waals surface area contributed by atoms with Crippen LogP contribution < -0.4 is 0 Å². The van der Waals surface area contributed by atoms with Crippen LogP contribution in [0, 0.1) is 6.92 Å². The molecule has 0 bridgehead atoms. The maximum Gasteiger partial charge on any atom is 0.404 e. The van der Waals surface area contributed by atoms with Crippen LogP contribution in [0.3, 0.4) is 0 Å². The fraction of sp³-hybridized carbons (Fsp3) is 0.400. The van der Waals surface area contributed by atoms with Gasteiger partial charge in [0.15, 0.2) is 0 Å². The lowest BCUT2D eigenvalue weighted by atomic mass is 10.1. The van der Waals surface area contributed by atoms with E-state index in [2.05, 4.69) is 20.9 Å². The molecule has 8 heteroatoms. The van der Waals surface area contributed by atoms with E-state index in [0.29, 0.717) is 16.6 Å². The Morgan fingerprint density at radius 1 is 1.22 bits per heavy atom. The largest absolute Gasteiger partial charge is 0.404 e. The van der Waals surface area contributed by atoms with Gasteiger partial charge in [-0.05, 0) is 39.0 Å². The summed E-state index contributed by atoms with van der Waals surface area (Å²) in [4.78, 5) is 4.24. The first-order chi connectivity index (χ1) is 10.7. The number of hydrogen-bond acceptors (Lipinski definition) is 4. The highest BCUT2D eigenvalue weighted by Crippen LogP contribution is 2.67. The molecule has 1 aromatic carbocycles. The van der Waals surface area contributed by atoms with Crippen LogP contribution in [0.25, 0.3) is 10.9 Å². The molecule has 0 N–H and O–H groups in total. The number of nitrogens with zero attached hydrogens (tertiary/aromatic N) is 1. The number of rotatable bonds is 6. The quantitative estimate of drug-likeness (QED) is 0.582. The van der Waals surface area contributed by atoms with Gasteiger partial charge in [-0.25, -0.2) is 0 Å². The van der Waals surface area contributed by atoms with Gasteiger partial charge < -0.3 is 9.05 Å². The molecule has 0 aliphatic carbocycles. The Morgan fingerprint density at radius 3 is 2.39 bits per heavy atom. The molecule has 0 aliphatic rings. The summed E-state index contributed by atoms with van der Waals surface area (Å²) in [5.41, 5.74) is -3.17. The predicted octanol–water partition coefficient (Wildman–Crippen LogP) is 5.62. The van der Waals surface area contributed by atoms with Crippen LogP contribution in [-0.2, 0) is 19.3 Å². The minimum absolute atomic E-state index is 0.125. The van der Waals surface area contributed by atoms with Crippen molar-refractivity contribution in [1.29, 1.82) is 0 Å². The molecule has 0 amide bonds. The number of aromatic nitrogens is 1. The molecule has 2 rings (SSSR count). The maximum absolute atomic E-state index is 14.9. The van der Waals surface area contributed by atoms with Gasteiger partial charge in [0.05, 0.1) is 18.7 Å². The summed E-state index contributed by atoms with van der Waals surface area (Å²) in [6.45, 7) is 4.46. The van der Waals surface area contributed by atoms with Crippen molar-refractivity contribution in [2.45, 2.75) is 26.4 Å². The standard InChI is InChI=1S/C15H17BrF2NO3P/c1-4-21-23(20,22-5-2)15(17,18)12-9-14-11(8-13(12)16)7-6-10(3)19-14/h6-9H,4-5H2,1-3H3. The van der Waals surface area contributed by atoms with Crippen LogP contribution >= 0.6 is 23.5 Å². The minimum atomic E-state index is -4.65. The van der Waals surface area contributed by atoms with Gasteiger partial charge >= 0.3 is 13.3 Å². The molecule has 23 heavy (non-hydrogen) atoms. The number of halogens is 3. The summed E-state index contributed by atoms with van der Waals surface area (Å²) in [5.74, 6) is 0. The molecule has 2 aromatic rings. The van der Waals surface area contributed by atoms with E-state index >= 15 is 0 Å². The second-order valence-corrected chi connectivity index (χ2v) is 7.78. The first-order valence-electron chi connectivity index (χ1n) is 7.09. The minimum Gasteiger partial charge on any atom is -0.304 e. The van der Waals surface area contributed by atoms with E-state index in [4.69, 9.17) is 9.05 Å². The molecular weight excluding hydrogens is 391 g/mol.